The highest BCUT2D eigenvalue weighted by molar-refractivity contribution is 9.10. The second kappa shape index (κ2) is 6.16. The predicted molar refractivity (Wildman–Crippen MR) is 99.9 cm³/mol. The average molecular weight is 419 g/mol. The first-order valence-corrected chi connectivity index (χ1v) is 9.10. The minimum Gasteiger partial charge on any atom is -0.452 e. The zero-order chi connectivity index (χ0) is 16.7. The van der Waals surface area contributed by atoms with Gasteiger partial charge in [0.15, 0.2) is 10.8 Å². The van der Waals surface area contributed by atoms with Crippen molar-refractivity contribution >= 4 is 55.6 Å². The number of carbonyl (C=O) groups excluding carboxylic acids is 1. The van der Waals surface area contributed by atoms with Crippen LogP contribution < -0.4 is 0 Å². The van der Waals surface area contributed by atoms with Crippen molar-refractivity contribution in [3.8, 4) is 11.3 Å². The van der Waals surface area contributed by atoms with Gasteiger partial charge >= 0.3 is 0 Å². The Hall–Kier alpha value is -1.95. The van der Waals surface area contributed by atoms with E-state index in [1.54, 1.807) is 24.3 Å². The zero-order valence-electron chi connectivity index (χ0n) is 12.1. The number of hydrogen-bond donors (Lipinski definition) is 0. The number of halogens is 2. The molecular formula is C18H9BrClNO2S. The van der Waals surface area contributed by atoms with Crippen LogP contribution in [0.2, 0.25) is 5.02 Å². The Morgan fingerprint density at radius 1 is 1.12 bits per heavy atom. The summed E-state index contributed by atoms with van der Waals surface area (Å²) in [4.78, 5) is 17.1. The molecule has 24 heavy (non-hydrogen) atoms. The quantitative estimate of drug-likeness (QED) is 0.372. The maximum absolute atomic E-state index is 12.6. The molecule has 118 valence electrons. The largest absolute Gasteiger partial charge is 0.452 e. The molecule has 0 atom stereocenters. The van der Waals surface area contributed by atoms with Crippen molar-refractivity contribution in [3.63, 3.8) is 0 Å². The number of ketones is 1. The van der Waals surface area contributed by atoms with E-state index < -0.39 is 0 Å². The highest BCUT2D eigenvalue weighted by Crippen LogP contribution is 2.28. The van der Waals surface area contributed by atoms with Gasteiger partial charge in [0.2, 0.25) is 0 Å². The second-order valence-electron chi connectivity index (χ2n) is 5.17. The molecular weight excluding hydrogens is 410 g/mol. The molecule has 6 heteroatoms. The standard InChI is InChI=1S/C18H9BrClNO2S/c19-12-3-1-10(2-4-12)14-9-24-18(21-14)17(22)16-8-11-7-13(20)5-6-15(11)23-16/h1-9H. The molecule has 0 aliphatic carbocycles. The summed E-state index contributed by atoms with van der Waals surface area (Å²) < 4.78 is 6.62. The van der Waals surface area contributed by atoms with Gasteiger partial charge in [0.1, 0.15) is 5.58 Å². The van der Waals surface area contributed by atoms with E-state index in [4.69, 9.17) is 16.0 Å². The Kier molecular flexibility index (Phi) is 4.00. The van der Waals surface area contributed by atoms with Gasteiger partial charge in [-0.1, -0.05) is 39.7 Å². The van der Waals surface area contributed by atoms with Gasteiger partial charge in [-0.25, -0.2) is 4.98 Å². The molecule has 3 nitrogen and oxygen atoms in total. The predicted octanol–water partition coefficient (Wildman–Crippen LogP) is 6.20. The Bertz CT molecular complexity index is 1050. The van der Waals surface area contributed by atoms with E-state index in [0.29, 0.717) is 15.6 Å². The first-order valence-electron chi connectivity index (χ1n) is 7.05. The van der Waals surface area contributed by atoms with E-state index in [1.165, 1.54) is 11.3 Å². The fraction of sp³-hybridized carbons (Fsp3) is 0. The number of furan rings is 1. The van der Waals surface area contributed by atoms with Crippen LogP contribution in [0.25, 0.3) is 22.2 Å². The summed E-state index contributed by atoms with van der Waals surface area (Å²) in [7, 11) is 0. The second-order valence-corrected chi connectivity index (χ2v) is 7.38. The Labute approximate surface area is 155 Å². The van der Waals surface area contributed by atoms with Crippen molar-refractivity contribution < 1.29 is 9.21 Å². The van der Waals surface area contributed by atoms with Gasteiger partial charge < -0.3 is 4.42 Å². The van der Waals surface area contributed by atoms with Gasteiger partial charge in [0.25, 0.3) is 5.78 Å². The third-order valence-electron chi connectivity index (χ3n) is 3.54. The zero-order valence-corrected chi connectivity index (χ0v) is 15.3. The minimum absolute atomic E-state index is 0.226. The van der Waals surface area contributed by atoms with Crippen molar-refractivity contribution in [3.05, 3.63) is 74.2 Å². The molecule has 0 amide bonds. The molecule has 2 aromatic carbocycles. The molecule has 0 N–H and O–H groups in total. The van der Waals surface area contributed by atoms with Crippen LogP contribution in [-0.4, -0.2) is 10.8 Å². The third-order valence-corrected chi connectivity index (χ3v) is 5.15. The number of nitrogens with zero attached hydrogens (tertiary/aromatic N) is 1. The summed E-state index contributed by atoms with van der Waals surface area (Å²) in [5.41, 5.74) is 2.37. The molecule has 0 fully saturated rings. The Morgan fingerprint density at radius 3 is 2.71 bits per heavy atom. The number of aromatic nitrogens is 1. The third kappa shape index (κ3) is 2.90. The Morgan fingerprint density at radius 2 is 1.92 bits per heavy atom. The van der Waals surface area contributed by atoms with Crippen LogP contribution in [0.5, 0.6) is 0 Å². The van der Waals surface area contributed by atoms with Crippen LogP contribution in [0, 0.1) is 0 Å². The van der Waals surface area contributed by atoms with E-state index >= 15 is 0 Å². The van der Waals surface area contributed by atoms with Gasteiger partial charge in [0, 0.05) is 25.8 Å². The number of benzene rings is 2. The van der Waals surface area contributed by atoms with Gasteiger partial charge in [-0.2, -0.15) is 0 Å². The number of hydrogen-bond acceptors (Lipinski definition) is 4. The van der Waals surface area contributed by atoms with Crippen LogP contribution >= 0.6 is 38.9 Å². The summed E-state index contributed by atoms with van der Waals surface area (Å²) in [5.74, 6) is 0.0413. The van der Waals surface area contributed by atoms with Crippen molar-refractivity contribution in [1.29, 1.82) is 0 Å². The lowest BCUT2D eigenvalue weighted by Crippen LogP contribution is -1.98. The topological polar surface area (TPSA) is 43.1 Å². The molecule has 0 aliphatic rings. The molecule has 0 radical (unpaired) electrons. The van der Waals surface area contributed by atoms with Crippen LogP contribution in [0.15, 0.2) is 62.8 Å². The molecule has 0 bridgehead atoms. The normalized spacial score (nSPS) is 11.1. The summed E-state index contributed by atoms with van der Waals surface area (Å²) in [6.07, 6.45) is 0. The van der Waals surface area contributed by atoms with Crippen LogP contribution in [0.1, 0.15) is 15.6 Å². The molecule has 4 aromatic rings. The molecule has 2 aromatic heterocycles. The first kappa shape index (κ1) is 15.6. The minimum atomic E-state index is -0.226. The molecule has 0 unspecified atom stereocenters. The number of carbonyl (C=O) groups is 1. The average Bonchev–Trinajstić information content (AvgIpc) is 3.21. The van der Waals surface area contributed by atoms with Crippen molar-refractivity contribution in [2.24, 2.45) is 0 Å². The molecule has 0 saturated carbocycles. The summed E-state index contributed by atoms with van der Waals surface area (Å²) in [6.45, 7) is 0. The van der Waals surface area contributed by atoms with Crippen LogP contribution in [0.4, 0.5) is 0 Å². The van der Waals surface area contributed by atoms with Crippen LogP contribution in [0.3, 0.4) is 0 Å². The molecule has 4 rings (SSSR count). The lowest BCUT2D eigenvalue weighted by atomic mass is 10.2. The highest BCUT2D eigenvalue weighted by Gasteiger charge is 2.18. The van der Waals surface area contributed by atoms with Gasteiger partial charge in [-0.05, 0) is 36.4 Å². The lowest BCUT2D eigenvalue weighted by molar-refractivity contribution is 0.101. The van der Waals surface area contributed by atoms with Gasteiger partial charge in [-0.3, -0.25) is 4.79 Å². The Balaban J connectivity index is 1.67. The van der Waals surface area contributed by atoms with Crippen molar-refractivity contribution in [2.75, 3.05) is 0 Å². The fourth-order valence-corrected chi connectivity index (χ4v) is 3.58. The van der Waals surface area contributed by atoms with E-state index in [-0.39, 0.29) is 11.5 Å². The van der Waals surface area contributed by atoms with E-state index in [1.807, 2.05) is 29.6 Å². The van der Waals surface area contributed by atoms with Crippen molar-refractivity contribution in [1.82, 2.24) is 4.98 Å². The first-order chi connectivity index (χ1) is 11.6. The smallest absolute Gasteiger partial charge is 0.256 e. The van der Waals surface area contributed by atoms with E-state index in [2.05, 4.69) is 20.9 Å². The van der Waals surface area contributed by atoms with E-state index in [0.717, 1.165) is 21.1 Å². The fourth-order valence-electron chi connectivity index (χ4n) is 2.36. The molecule has 0 spiro atoms. The summed E-state index contributed by atoms with van der Waals surface area (Å²) in [6, 6.07) is 14.8. The van der Waals surface area contributed by atoms with E-state index in [9.17, 15) is 4.79 Å². The molecule has 2 heterocycles. The maximum atomic E-state index is 12.6. The summed E-state index contributed by atoms with van der Waals surface area (Å²) >= 11 is 10.7. The number of fused-ring (bicyclic) bond motifs is 1. The van der Waals surface area contributed by atoms with Crippen molar-refractivity contribution in [2.45, 2.75) is 0 Å². The summed E-state index contributed by atoms with van der Waals surface area (Å²) in [5, 5.41) is 3.68. The molecule has 0 aliphatic heterocycles. The van der Waals surface area contributed by atoms with Gasteiger partial charge in [0.05, 0.1) is 5.69 Å². The van der Waals surface area contributed by atoms with Gasteiger partial charge in [-0.15, -0.1) is 11.3 Å². The molecule has 0 saturated heterocycles. The highest BCUT2D eigenvalue weighted by atomic mass is 79.9. The SMILES string of the molecule is O=C(c1cc2cc(Cl)ccc2o1)c1nc(-c2ccc(Br)cc2)cs1. The maximum Gasteiger partial charge on any atom is 0.256 e. The lowest BCUT2D eigenvalue weighted by Gasteiger charge is -1.96. The van der Waals surface area contributed by atoms with Crippen LogP contribution in [-0.2, 0) is 0 Å². The number of thiazole rings is 1. The number of rotatable bonds is 3. The monoisotopic (exact) mass is 417 g/mol.